The normalized spacial score (nSPS) is 10.1. The average molecular weight is 339 g/mol. The molecule has 0 aliphatic carbocycles. The molecule has 0 bridgehead atoms. The Bertz CT molecular complexity index is 521. The summed E-state index contributed by atoms with van der Waals surface area (Å²) in [6.07, 6.45) is 1.53. The molecule has 2 rings (SSSR count). The third-order valence-electron chi connectivity index (χ3n) is 2.47. The van der Waals surface area contributed by atoms with Gasteiger partial charge in [-0.2, -0.15) is 0 Å². The number of pyridine rings is 1. The third-order valence-corrected chi connectivity index (χ3v) is 2.94. The van der Waals surface area contributed by atoms with E-state index in [9.17, 15) is 9.18 Å². The summed E-state index contributed by atoms with van der Waals surface area (Å²) in [5, 5.41) is 2.68. The summed E-state index contributed by atoms with van der Waals surface area (Å²) in [6, 6.07) is 9.39. The van der Waals surface area contributed by atoms with Crippen LogP contribution in [0.5, 0.6) is 5.75 Å². The number of hydrogen-bond donors (Lipinski definition) is 1. The first-order chi connectivity index (χ1) is 9.63. The molecular weight excluding hydrogens is 327 g/mol. The molecule has 0 saturated carbocycles. The van der Waals surface area contributed by atoms with Crippen molar-refractivity contribution < 1.29 is 13.9 Å². The van der Waals surface area contributed by atoms with Gasteiger partial charge >= 0.3 is 0 Å². The summed E-state index contributed by atoms with van der Waals surface area (Å²) in [4.78, 5) is 15.6. The summed E-state index contributed by atoms with van der Waals surface area (Å²) in [5.41, 5.74) is 0.824. The number of halogens is 2. The van der Waals surface area contributed by atoms with Crippen LogP contribution in [0.1, 0.15) is 5.56 Å². The van der Waals surface area contributed by atoms with Gasteiger partial charge in [0.05, 0.1) is 6.20 Å². The molecule has 0 saturated heterocycles. The number of rotatable bonds is 5. The lowest BCUT2D eigenvalue weighted by molar-refractivity contribution is -0.123. The van der Waals surface area contributed by atoms with Gasteiger partial charge in [0, 0.05) is 6.54 Å². The molecule has 0 radical (unpaired) electrons. The van der Waals surface area contributed by atoms with Gasteiger partial charge < -0.3 is 10.1 Å². The number of ether oxygens (including phenoxy) is 1. The first-order valence-corrected chi connectivity index (χ1v) is 6.68. The predicted molar refractivity (Wildman–Crippen MR) is 75.7 cm³/mol. The smallest absolute Gasteiger partial charge is 0.258 e. The Labute approximate surface area is 124 Å². The molecule has 0 atom stereocenters. The highest BCUT2D eigenvalue weighted by Gasteiger charge is 2.03. The predicted octanol–water partition coefficient (Wildman–Crippen LogP) is 2.68. The summed E-state index contributed by atoms with van der Waals surface area (Å²) >= 11 is 3.21. The van der Waals surface area contributed by atoms with Gasteiger partial charge in [-0.15, -0.1) is 0 Å². The molecule has 4 nitrogen and oxygen atoms in total. The molecule has 1 heterocycles. The largest absolute Gasteiger partial charge is 0.482 e. The fourth-order valence-corrected chi connectivity index (χ4v) is 1.68. The molecule has 0 aliphatic rings. The zero-order chi connectivity index (χ0) is 14.4. The summed E-state index contributed by atoms with van der Waals surface area (Å²) in [5.74, 6) is -0.0338. The molecule has 6 heteroatoms. The Morgan fingerprint density at radius 2 is 2.00 bits per heavy atom. The monoisotopic (exact) mass is 338 g/mol. The number of nitrogens with one attached hydrogen (secondary N) is 1. The molecule has 1 aromatic carbocycles. The van der Waals surface area contributed by atoms with Crippen LogP contribution in [0.2, 0.25) is 0 Å². The number of nitrogens with zero attached hydrogens (tertiary/aromatic N) is 1. The number of aromatic nitrogens is 1. The SMILES string of the molecule is O=C(COc1ccc(Br)nc1)NCc1ccc(F)cc1. The van der Waals surface area contributed by atoms with Crippen molar-refractivity contribution in [3.63, 3.8) is 0 Å². The van der Waals surface area contributed by atoms with Gasteiger partial charge in [0.2, 0.25) is 0 Å². The van der Waals surface area contributed by atoms with Crippen molar-refractivity contribution in [2.75, 3.05) is 6.61 Å². The Balaban J connectivity index is 1.75. The van der Waals surface area contributed by atoms with Crippen LogP contribution in [0.4, 0.5) is 4.39 Å². The minimum absolute atomic E-state index is 0.0928. The molecule has 0 aliphatic heterocycles. The molecule has 20 heavy (non-hydrogen) atoms. The van der Waals surface area contributed by atoms with Crippen molar-refractivity contribution >= 4 is 21.8 Å². The van der Waals surface area contributed by atoms with Crippen molar-refractivity contribution in [2.24, 2.45) is 0 Å². The van der Waals surface area contributed by atoms with E-state index in [0.29, 0.717) is 16.9 Å². The van der Waals surface area contributed by atoms with E-state index >= 15 is 0 Å². The van der Waals surface area contributed by atoms with Crippen LogP contribution in [0, 0.1) is 5.82 Å². The highest BCUT2D eigenvalue weighted by atomic mass is 79.9. The fraction of sp³-hybridized carbons (Fsp3) is 0.143. The second kappa shape index (κ2) is 7.00. The second-order valence-electron chi connectivity index (χ2n) is 4.01. The number of hydrogen-bond acceptors (Lipinski definition) is 3. The lowest BCUT2D eigenvalue weighted by atomic mass is 10.2. The van der Waals surface area contributed by atoms with E-state index < -0.39 is 0 Å². The molecule has 104 valence electrons. The minimum Gasteiger partial charge on any atom is -0.482 e. The minimum atomic E-state index is -0.300. The van der Waals surface area contributed by atoms with Crippen LogP contribution >= 0.6 is 15.9 Å². The van der Waals surface area contributed by atoms with E-state index in [-0.39, 0.29) is 18.3 Å². The maximum Gasteiger partial charge on any atom is 0.258 e. The van der Waals surface area contributed by atoms with Crippen LogP contribution in [0.15, 0.2) is 47.2 Å². The fourth-order valence-electron chi connectivity index (χ4n) is 1.45. The highest BCUT2D eigenvalue weighted by molar-refractivity contribution is 9.10. The first-order valence-electron chi connectivity index (χ1n) is 5.89. The Kier molecular flexibility index (Phi) is 5.06. The Morgan fingerprint density at radius 1 is 1.25 bits per heavy atom. The van der Waals surface area contributed by atoms with E-state index in [1.165, 1.54) is 18.3 Å². The maximum absolute atomic E-state index is 12.7. The third kappa shape index (κ3) is 4.62. The van der Waals surface area contributed by atoms with Gasteiger partial charge in [-0.1, -0.05) is 12.1 Å². The lowest BCUT2D eigenvalue weighted by Gasteiger charge is -2.07. The van der Waals surface area contributed by atoms with E-state index in [1.54, 1.807) is 24.3 Å². The van der Waals surface area contributed by atoms with E-state index in [2.05, 4.69) is 26.2 Å². The van der Waals surface area contributed by atoms with Gasteiger partial charge in [-0.3, -0.25) is 4.79 Å². The maximum atomic E-state index is 12.7. The summed E-state index contributed by atoms with van der Waals surface area (Å²) < 4.78 is 18.7. The number of amides is 1. The van der Waals surface area contributed by atoms with Gasteiger partial charge in [-0.25, -0.2) is 9.37 Å². The van der Waals surface area contributed by atoms with Crippen LogP contribution < -0.4 is 10.1 Å². The first kappa shape index (κ1) is 14.5. The molecule has 0 fully saturated rings. The Morgan fingerprint density at radius 3 is 2.65 bits per heavy atom. The topological polar surface area (TPSA) is 51.2 Å². The average Bonchev–Trinajstić information content (AvgIpc) is 2.46. The quantitative estimate of drug-likeness (QED) is 0.852. The highest BCUT2D eigenvalue weighted by Crippen LogP contribution is 2.12. The van der Waals surface area contributed by atoms with Gasteiger partial charge in [0.25, 0.3) is 5.91 Å². The van der Waals surface area contributed by atoms with Gasteiger partial charge in [0.15, 0.2) is 6.61 Å². The van der Waals surface area contributed by atoms with E-state index in [4.69, 9.17) is 4.74 Å². The summed E-state index contributed by atoms with van der Waals surface area (Å²) in [6.45, 7) is 0.242. The van der Waals surface area contributed by atoms with Crippen LogP contribution in [-0.4, -0.2) is 17.5 Å². The molecule has 1 amide bonds. The van der Waals surface area contributed by atoms with Crippen LogP contribution in [0.3, 0.4) is 0 Å². The second-order valence-corrected chi connectivity index (χ2v) is 4.82. The Hall–Kier alpha value is -1.95. The molecule has 1 aromatic heterocycles. The zero-order valence-electron chi connectivity index (χ0n) is 10.5. The van der Waals surface area contributed by atoms with Gasteiger partial charge in [0.1, 0.15) is 16.2 Å². The van der Waals surface area contributed by atoms with Crippen molar-refractivity contribution in [1.29, 1.82) is 0 Å². The number of benzene rings is 1. The number of carbonyl (C=O) groups excluding carboxylic acids is 1. The summed E-state index contributed by atoms with van der Waals surface area (Å²) in [7, 11) is 0. The molecule has 2 aromatic rings. The van der Waals surface area contributed by atoms with Crippen molar-refractivity contribution in [1.82, 2.24) is 10.3 Å². The standard InChI is InChI=1S/C14H12BrFN2O2/c15-13-6-5-12(8-17-13)20-9-14(19)18-7-10-1-3-11(16)4-2-10/h1-6,8H,7,9H2,(H,18,19). The zero-order valence-corrected chi connectivity index (χ0v) is 12.1. The molecule has 1 N–H and O–H groups in total. The molecule has 0 spiro atoms. The van der Waals surface area contributed by atoms with Gasteiger partial charge in [-0.05, 0) is 45.8 Å². The van der Waals surface area contributed by atoms with Crippen molar-refractivity contribution in [3.8, 4) is 5.75 Å². The molecular formula is C14H12BrFN2O2. The lowest BCUT2D eigenvalue weighted by Crippen LogP contribution is -2.28. The molecule has 0 unspecified atom stereocenters. The van der Waals surface area contributed by atoms with Crippen molar-refractivity contribution in [2.45, 2.75) is 6.54 Å². The van der Waals surface area contributed by atoms with E-state index in [1.807, 2.05) is 0 Å². The van der Waals surface area contributed by atoms with Crippen molar-refractivity contribution in [3.05, 3.63) is 58.6 Å². The van der Waals surface area contributed by atoms with Crippen LogP contribution in [0.25, 0.3) is 0 Å². The van der Waals surface area contributed by atoms with E-state index in [0.717, 1.165) is 5.56 Å². The number of carbonyl (C=O) groups is 1. The van der Waals surface area contributed by atoms with Crippen LogP contribution in [-0.2, 0) is 11.3 Å².